The molecule has 0 spiro atoms. The van der Waals surface area contributed by atoms with Crippen molar-refractivity contribution in [1.82, 2.24) is 10.6 Å². The lowest BCUT2D eigenvalue weighted by molar-refractivity contribution is -0.126. The predicted octanol–water partition coefficient (Wildman–Crippen LogP) is 2.34. The summed E-state index contributed by atoms with van der Waals surface area (Å²) < 4.78 is 0. The molecule has 0 saturated carbocycles. The van der Waals surface area contributed by atoms with Crippen molar-refractivity contribution in [3.8, 4) is 0 Å². The molecule has 0 heterocycles. The molecule has 0 unspecified atom stereocenters. The number of carbonyl (C=O) groups is 1. The van der Waals surface area contributed by atoms with Crippen LogP contribution in [0.15, 0.2) is 24.3 Å². The summed E-state index contributed by atoms with van der Waals surface area (Å²) in [4.78, 5) is 11.9. The van der Waals surface area contributed by atoms with E-state index in [0.717, 1.165) is 12.1 Å². The van der Waals surface area contributed by atoms with Crippen LogP contribution in [0.1, 0.15) is 26.3 Å². The number of hydrogen-bond donors (Lipinski definition) is 2. The van der Waals surface area contributed by atoms with E-state index in [1.165, 1.54) is 0 Å². The van der Waals surface area contributed by atoms with E-state index in [9.17, 15) is 4.79 Å². The van der Waals surface area contributed by atoms with E-state index in [4.69, 9.17) is 11.6 Å². The van der Waals surface area contributed by atoms with Crippen LogP contribution >= 0.6 is 11.6 Å². The van der Waals surface area contributed by atoms with Gasteiger partial charge in [0.2, 0.25) is 5.91 Å². The molecule has 1 aromatic rings. The zero-order valence-electron chi connectivity index (χ0n) is 10.5. The van der Waals surface area contributed by atoms with Gasteiger partial charge >= 0.3 is 0 Å². The molecule has 2 N–H and O–H groups in total. The van der Waals surface area contributed by atoms with Crippen LogP contribution in [0.5, 0.6) is 0 Å². The van der Waals surface area contributed by atoms with Crippen LogP contribution in [-0.2, 0) is 11.3 Å². The molecule has 0 aliphatic heterocycles. The number of benzene rings is 1. The lowest BCUT2D eigenvalue weighted by atomic mass is 10.0. The molecule has 0 aliphatic carbocycles. The first-order valence-electron chi connectivity index (χ1n) is 5.73. The molecule has 1 amide bonds. The Morgan fingerprint density at radius 1 is 1.29 bits per heavy atom. The molecule has 3 nitrogen and oxygen atoms in total. The van der Waals surface area contributed by atoms with Crippen molar-refractivity contribution in [2.75, 3.05) is 6.54 Å². The Morgan fingerprint density at radius 2 is 1.88 bits per heavy atom. The summed E-state index contributed by atoms with van der Waals surface area (Å²) in [6, 6.07) is 7.45. The Kier molecular flexibility index (Phi) is 4.97. The molecule has 0 aromatic heterocycles. The van der Waals surface area contributed by atoms with Crippen LogP contribution in [0, 0.1) is 0 Å². The van der Waals surface area contributed by atoms with Crippen LogP contribution in [0.4, 0.5) is 0 Å². The summed E-state index contributed by atoms with van der Waals surface area (Å²) in [6.45, 7) is 7.00. The Morgan fingerprint density at radius 3 is 2.41 bits per heavy atom. The molecule has 94 valence electrons. The zero-order valence-corrected chi connectivity index (χ0v) is 11.3. The number of likely N-dealkylation sites (N-methyl/N-ethyl adjacent to an activating group) is 1. The number of halogens is 1. The van der Waals surface area contributed by atoms with Gasteiger partial charge in [0.25, 0.3) is 0 Å². The quantitative estimate of drug-likeness (QED) is 0.847. The SMILES string of the molecule is CCNC(C)(C)C(=O)NCc1ccc(Cl)cc1. The molecule has 0 atom stereocenters. The molecular weight excluding hydrogens is 236 g/mol. The van der Waals surface area contributed by atoms with Crippen molar-refractivity contribution in [3.63, 3.8) is 0 Å². The van der Waals surface area contributed by atoms with E-state index in [2.05, 4.69) is 10.6 Å². The lowest BCUT2D eigenvalue weighted by Gasteiger charge is -2.24. The Hall–Kier alpha value is -1.06. The third-order valence-electron chi connectivity index (χ3n) is 2.55. The Balaban J connectivity index is 2.50. The van der Waals surface area contributed by atoms with E-state index in [1.54, 1.807) is 0 Å². The van der Waals surface area contributed by atoms with Gasteiger partial charge in [0.1, 0.15) is 0 Å². The van der Waals surface area contributed by atoms with Crippen LogP contribution in [0.3, 0.4) is 0 Å². The van der Waals surface area contributed by atoms with Crippen LogP contribution in [-0.4, -0.2) is 18.0 Å². The number of nitrogens with one attached hydrogen (secondary N) is 2. The van der Waals surface area contributed by atoms with E-state index < -0.39 is 5.54 Å². The summed E-state index contributed by atoms with van der Waals surface area (Å²) >= 11 is 5.79. The van der Waals surface area contributed by atoms with Crippen LogP contribution in [0.2, 0.25) is 5.02 Å². The van der Waals surface area contributed by atoms with Gasteiger partial charge in [-0.1, -0.05) is 30.7 Å². The largest absolute Gasteiger partial charge is 0.350 e. The van der Waals surface area contributed by atoms with E-state index in [1.807, 2.05) is 45.0 Å². The van der Waals surface area contributed by atoms with E-state index in [-0.39, 0.29) is 5.91 Å². The highest BCUT2D eigenvalue weighted by Gasteiger charge is 2.25. The number of amides is 1. The van der Waals surface area contributed by atoms with Crippen molar-refractivity contribution in [2.45, 2.75) is 32.9 Å². The normalized spacial score (nSPS) is 11.3. The first-order valence-corrected chi connectivity index (χ1v) is 6.11. The first-order chi connectivity index (χ1) is 7.95. The van der Waals surface area contributed by atoms with Gasteiger partial charge in [0, 0.05) is 11.6 Å². The molecule has 4 heteroatoms. The Bertz CT molecular complexity index is 374. The highest BCUT2D eigenvalue weighted by Crippen LogP contribution is 2.09. The third kappa shape index (κ3) is 4.36. The van der Waals surface area contributed by atoms with Crippen molar-refractivity contribution in [1.29, 1.82) is 0 Å². The van der Waals surface area contributed by atoms with Gasteiger partial charge in [-0.3, -0.25) is 4.79 Å². The minimum Gasteiger partial charge on any atom is -0.350 e. The summed E-state index contributed by atoms with van der Waals surface area (Å²) in [5.41, 5.74) is 0.497. The highest BCUT2D eigenvalue weighted by molar-refractivity contribution is 6.30. The number of rotatable bonds is 5. The van der Waals surface area contributed by atoms with Crippen molar-refractivity contribution < 1.29 is 4.79 Å². The smallest absolute Gasteiger partial charge is 0.239 e. The minimum absolute atomic E-state index is 0.00528. The summed E-state index contributed by atoms with van der Waals surface area (Å²) in [5, 5.41) is 6.73. The van der Waals surface area contributed by atoms with Crippen molar-refractivity contribution >= 4 is 17.5 Å². The van der Waals surface area contributed by atoms with E-state index >= 15 is 0 Å². The first kappa shape index (κ1) is 14.0. The topological polar surface area (TPSA) is 41.1 Å². The van der Waals surface area contributed by atoms with Crippen LogP contribution < -0.4 is 10.6 Å². The van der Waals surface area contributed by atoms with Gasteiger partial charge in [-0.25, -0.2) is 0 Å². The van der Waals surface area contributed by atoms with Gasteiger partial charge < -0.3 is 10.6 Å². The standard InChI is InChI=1S/C13H19ClN2O/c1-4-16-13(2,3)12(17)15-9-10-5-7-11(14)8-6-10/h5-8,16H,4,9H2,1-3H3,(H,15,17). The fourth-order valence-electron chi connectivity index (χ4n) is 1.53. The zero-order chi connectivity index (χ0) is 12.9. The average Bonchev–Trinajstić information content (AvgIpc) is 2.27. The predicted molar refractivity (Wildman–Crippen MR) is 71.1 cm³/mol. The highest BCUT2D eigenvalue weighted by atomic mass is 35.5. The molecular formula is C13H19ClN2O. The van der Waals surface area contributed by atoms with Crippen molar-refractivity contribution in [2.24, 2.45) is 0 Å². The maximum Gasteiger partial charge on any atom is 0.239 e. The molecule has 1 rings (SSSR count). The van der Waals surface area contributed by atoms with Gasteiger partial charge in [0.15, 0.2) is 0 Å². The van der Waals surface area contributed by atoms with Gasteiger partial charge in [-0.15, -0.1) is 0 Å². The van der Waals surface area contributed by atoms with Crippen LogP contribution in [0.25, 0.3) is 0 Å². The summed E-state index contributed by atoms with van der Waals surface area (Å²) in [6.07, 6.45) is 0. The number of hydrogen-bond acceptors (Lipinski definition) is 2. The van der Waals surface area contributed by atoms with Crippen molar-refractivity contribution in [3.05, 3.63) is 34.9 Å². The molecule has 0 saturated heterocycles. The average molecular weight is 255 g/mol. The second-order valence-corrected chi connectivity index (χ2v) is 4.90. The monoisotopic (exact) mass is 254 g/mol. The fourth-order valence-corrected chi connectivity index (χ4v) is 1.65. The van der Waals surface area contributed by atoms with Gasteiger partial charge in [-0.05, 0) is 38.1 Å². The van der Waals surface area contributed by atoms with E-state index in [0.29, 0.717) is 11.6 Å². The minimum atomic E-state index is -0.541. The second-order valence-electron chi connectivity index (χ2n) is 4.46. The third-order valence-corrected chi connectivity index (χ3v) is 2.80. The molecule has 0 aliphatic rings. The number of carbonyl (C=O) groups excluding carboxylic acids is 1. The molecule has 0 bridgehead atoms. The van der Waals surface area contributed by atoms with Gasteiger partial charge in [-0.2, -0.15) is 0 Å². The maximum absolute atomic E-state index is 11.9. The molecule has 0 radical (unpaired) electrons. The lowest BCUT2D eigenvalue weighted by Crippen LogP contribution is -2.52. The molecule has 1 aromatic carbocycles. The molecule has 17 heavy (non-hydrogen) atoms. The Labute approximate surface area is 108 Å². The van der Waals surface area contributed by atoms with Gasteiger partial charge in [0.05, 0.1) is 5.54 Å². The summed E-state index contributed by atoms with van der Waals surface area (Å²) in [7, 11) is 0. The maximum atomic E-state index is 11.9. The molecule has 0 fully saturated rings. The summed E-state index contributed by atoms with van der Waals surface area (Å²) in [5.74, 6) is -0.00528. The second kappa shape index (κ2) is 6.03. The fraction of sp³-hybridized carbons (Fsp3) is 0.462.